The van der Waals surface area contributed by atoms with Crippen LogP contribution < -0.4 is 10.5 Å². The Labute approximate surface area is 112 Å². The third-order valence-corrected chi connectivity index (χ3v) is 3.28. The van der Waals surface area contributed by atoms with Gasteiger partial charge in [0.1, 0.15) is 5.75 Å². The van der Waals surface area contributed by atoms with Crippen LogP contribution in [0, 0.1) is 5.92 Å². The Morgan fingerprint density at radius 3 is 2.44 bits per heavy atom. The zero-order valence-electron chi connectivity index (χ0n) is 12.4. The molecular weight excluding hydrogens is 222 g/mol. The van der Waals surface area contributed by atoms with Crippen LogP contribution in [-0.4, -0.2) is 12.6 Å². The molecule has 1 aromatic carbocycles. The molecule has 0 aliphatic rings. The normalized spacial score (nSPS) is 13.7. The van der Waals surface area contributed by atoms with Crippen molar-refractivity contribution in [3.05, 3.63) is 29.8 Å². The van der Waals surface area contributed by atoms with Gasteiger partial charge < -0.3 is 10.5 Å². The Hall–Kier alpha value is -1.02. The third-order valence-electron chi connectivity index (χ3n) is 3.28. The van der Waals surface area contributed by atoms with Gasteiger partial charge in [0.05, 0.1) is 6.61 Å². The maximum atomic E-state index is 6.00. The Bertz CT molecular complexity index is 366. The van der Waals surface area contributed by atoms with Crippen LogP contribution in [0.1, 0.15) is 46.6 Å². The fourth-order valence-corrected chi connectivity index (χ4v) is 1.70. The van der Waals surface area contributed by atoms with Crippen molar-refractivity contribution in [2.75, 3.05) is 6.61 Å². The van der Waals surface area contributed by atoms with Crippen LogP contribution in [0.15, 0.2) is 24.3 Å². The van der Waals surface area contributed by atoms with Crippen molar-refractivity contribution in [3.63, 3.8) is 0 Å². The minimum absolute atomic E-state index is 0.160. The summed E-state index contributed by atoms with van der Waals surface area (Å²) < 4.78 is 5.78. The highest BCUT2D eigenvalue weighted by molar-refractivity contribution is 5.32. The van der Waals surface area contributed by atoms with Gasteiger partial charge in [-0.1, -0.05) is 46.8 Å². The van der Waals surface area contributed by atoms with E-state index in [2.05, 4.69) is 52.8 Å². The molecule has 0 aliphatic carbocycles. The fraction of sp³-hybridized carbons (Fsp3) is 0.625. The zero-order valence-corrected chi connectivity index (χ0v) is 12.4. The van der Waals surface area contributed by atoms with Gasteiger partial charge in [0.25, 0.3) is 0 Å². The number of benzene rings is 1. The van der Waals surface area contributed by atoms with Gasteiger partial charge in [0, 0.05) is 6.04 Å². The maximum Gasteiger partial charge on any atom is 0.119 e. The fourth-order valence-electron chi connectivity index (χ4n) is 1.70. The first-order chi connectivity index (χ1) is 8.30. The van der Waals surface area contributed by atoms with Gasteiger partial charge in [-0.05, 0) is 35.4 Å². The summed E-state index contributed by atoms with van der Waals surface area (Å²) in [7, 11) is 0. The molecule has 0 spiro atoms. The molecule has 0 saturated heterocycles. The molecule has 2 nitrogen and oxygen atoms in total. The second-order valence-electron chi connectivity index (χ2n) is 6.32. The molecule has 0 saturated carbocycles. The monoisotopic (exact) mass is 249 g/mol. The average Bonchev–Trinajstić information content (AvgIpc) is 2.28. The minimum atomic E-state index is 0.160. The van der Waals surface area contributed by atoms with E-state index in [-0.39, 0.29) is 11.5 Å². The van der Waals surface area contributed by atoms with Crippen molar-refractivity contribution in [3.8, 4) is 5.75 Å². The van der Waals surface area contributed by atoms with Crippen molar-refractivity contribution < 1.29 is 4.74 Å². The number of hydrogen-bond acceptors (Lipinski definition) is 2. The van der Waals surface area contributed by atoms with E-state index in [4.69, 9.17) is 10.5 Å². The van der Waals surface area contributed by atoms with Gasteiger partial charge in [-0.3, -0.25) is 0 Å². The summed E-state index contributed by atoms with van der Waals surface area (Å²) in [6, 6.07) is 8.55. The highest BCUT2D eigenvalue weighted by Crippen LogP contribution is 2.25. The SMILES string of the molecule is CC(C)C(N)CCOc1cccc(C(C)(C)C)c1. The summed E-state index contributed by atoms with van der Waals surface area (Å²) in [6.07, 6.45) is 0.900. The van der Waals surface area contributed by atoms with E-state index >= 15 is 0 Å². The second-order valence-corrected chi connectivity index (χ2v) is 6.32. The molecular formula is C16H27NO. The van der Waals surface area contributed by atoms with Crippen LogP contribution in [-0.2, 0) is 5.41 Å². The molecule has 0 bridgehead atoms. The van der Waals surface area contributed by atoms with Gasteiger partial charge in [-0.15, -0.1) is 0 Å². The molecule has 18 heavy (non-hydrogen) atoms. The van der Waals surface area contributed by atoms with E-state index in [1.807, 2.05) is 6.07 Å². The van der Waals surface area contributed by atoms with Gasteiger partial charge in [0.15, 0.2) is 0 Å². The van der Waals surface area contributed by atoms with Crippen molar-refractivity contribution in [1.82, 2.24) is 0 Å². The molecule has 1 atom stereocenters. The van der Waals surface area contributed by atoms with Gasteiger partial charge in [-0.25, -0.2) is 0 Å². The van der Waals surface area contributed by atoms with E-state index in [1.165, 1.54) is 5.56 Å². The summed E-state index contributed by atoms with van der Waals surface area (Å²) in [6.45, 7) is 11.6. The first kappa shape index (κ1) is 15.0. The summed E-state index contributed by atoms with van der Waals surface area (Å²) in [5.41, 5.74) is 7.46. The molecule has 2 heteroatoms. The smallest absolute Gasteiger partial charge is 0.119 e. The number of nitrogens with two attached hydrogens (primary N) is 1. The summed E-state index contributed by atoms with van der Waals surface area (Å²) in [5.74, 6) is 1.45. The van der Waals surface area contributed by atoms with Crippen LogP contribution in [0.4, 0.5) is 0 Å². The number of hydrogen-bond donors (Lipinski definition) is 1. The Kier molecular flexibility index (Phi) is 5.21. The first-order valence-electron chi connectivity index (χ1n) is 6.79. The third kappa shape index (κ3) is 4.69. The van der Waals surface area contributed by atoms with Gasteiger partial charge in [0.2, 0.25) is 0 Å². The lowest BCUT2D eigenvalue weighted by molar-refractivity contribution is 0.282. The molecule has 0 radical (unpaired) electrons. The van der Waals surface area contributed by atoms with Gasteiger partial charge in [-0.2, -0.15) is 0 Å². The van der Waals surface area contributed by atoms with E-state index in [0.717, 1.165) is 12.2 Å². The highest BCUT2D eigenvalue weighted by Gasteiger charge is 2.14. The molecule has 1 rings (SSSR count). The summed E-state index contributed by atoms with van der Waals surface area (Å²) in [4.78, 5) is 0. The van der Waals surface area contributed by atoms with E-state index in [1.54, 1.807) is 0 Å². The van der Waals surface area contributed by atoms with Gasteiger partial charge >= 0.3 is 0 Å². The number of ether oxygens (including phenoxy) is 1. The van der Waals surface area contributed by atoms with E-state index in [9.17, 15) is 0 Å². The van der Waals surface area contributed by atoms with Crippen LogP contribution in [0.2, 0.25) is 0 Å². The van der Waals surface area contributed by atoms with Crippen LogP contribution in [0.25, 0.3) is 0 Å². The highest BCUT2D eigenvalue weighted by atomic mass is 16.5. The predicted octanol–water partition coefficient (Wildman–Crippen LogP) is 3.74. The van der Waals surface area contributed by atoms with Crippen molar-refractivity contribution >= 4 is 0 Å². The van der Waals surface area contributed by atoms with Crippen molar-refractivity contribution in [1.29, 1.82) is 0 Å². The zero-order chi connectivity index (χ0) is 13.8. The Morgan fingerprint density at radius 1 is 1.22 bits per heavy atom. The minimum Gasteiger partial charge on any atom is -0.494 e. The molecule has 1 aromatic rings. The van der Waals surface area contributed by atoms with E-state index < -0.39 is 0 Å². The van der Waals surface area contributed by atoms with Crippen LogP contribution >= 0.6 is 0 Å². The second kappa shape index (κ2) is 6.24. The van der Waals surface area contributed by atoms with Crippen LogP contribution in [0.3, 0.4) is 0 Å². The molecule has 2 N–H and O–H groups in total. The molecule has 0 aliphatic heterocycles. The predicted molar refractivity (Wildman–Crippen MR) is 78.1 cm³/mol. The summed E-state index contributed by atoms with van der Waals surface area (Å²) >= 11 is 0. The molecule has 0 fully saturated rings. The van der Waals surface area contributed by atoms with Crippen molar-refractivity contribution in [2.45, 2.75) is 52.5 Å². The standard InChI is InChI=1S/C16H27NO/c1-12(2)15(17)9-10-18-14-8-6-7-13(11-14)16(3,4)5/h6-8,11-12,15H,9-10,17H2,1-5H3. The number of rotatable bonds is 5. The molecule has 0 aromatic heterocycles. The maximum absolute atomic E-state index is 6.00. The van der Waals surface area contributed by atoms with Crippen LogP contribution in [0.5, 0.6) is 5.75 Å². The molecule has 102 valence electrons. The van der Waals surface area contributed by atoms with E-state index in [0.29, 0.717) is 12.5 Å². The molecule has 1 unspecified atom stereocenters. The largest absolute Gasteiger partial charge is 0.494 e. The Balaban J connectivity index is 2.53. The van der Waals surface area contributed by atoms with Crippen molar-refractivity contribution in [2.24, 2.45) is 11.7 Å². The Morgan fingerprint density at radius 2 is 1.89 bits per heavy atom. The molecule has 0 heterocycles. The lowest BCUT2D eigenvalue weighted by Gasteiger charge is -2.20. The summed E-state index contributed by atoms with van der Waals surface area (Å²) in [5, 5.41) is 0. The lowest BCUT2D eigenvalue weighted by atomic mass is 9.87. The average molecular weight is 249 g/mol. The topological polar surface area (TPSA) is 35.2 Å². The lowest BCUT2D eigenvalue weighted by Crippen LogP contribution is -2.28. The molecule has 0 amide bonds. The first-order valence-corrected chi connectivity index (χ1v) is 6.79. The quantitative estimate of drug-likeness (QED) is 0.863.